The number of aliphatic hydroxyl groups is 2. The van der Waals surface area contributed by atoms with Gasteiger partial charge in [0.15, 0.2) is 0 Å². The molecule has 0 aromatic heterocycles. The molecule has 166 valence electrons. The largest absolute Gasteiger partial charge is 0.508 e. The van der Waals surface area contributed by atoms with Gasteiger partial charge in [-0.25, -0.2) is 0 Å². The highest BCUT2D eigenvalue weighted by Crippen LogP contribution is 2.22. The average Bonchev–Trinajstić information content (AvgIpc) is 2.91. The van der Waals surface area contributed by atoms with Crippen molar-refractivity contribution in [2.75, 3.05) is 26.1 Å². The molecule has 2 rings (SSSR count). The van der Waals surface area contributed by atoms with E-state index in [1.54, 1.807) is 5.32 Å². The van der Waals surface area contributed by atoms with E-state index in [4.69, 9.17) is 31.5 Å². The van der Waals surface area contributed by atoms with Crippen LogP contribution < -0.4 is 5.32 Å². The number of phenols is 1. The van der Waals surface area contributed by atoms with Crippen molar-refractivity contribution in [2.45, 2.75) is 57.4 Å². The van der Waals surface area contributed by atoms with Crippen LogP contribution in [0.5, 0.6) is 5.75 Å². The molecule has 1 atom stereocenters. The summed E-state index contributed by atoms with van der Waals surface area (Å²) in [4.78, 5) is 0. The second-order valence-electron chi connectivity index (χ2n) is 5.41. The molecule has 0 amide bonds. The van der Waals surface area contributed by atoms with E-state index < -0.39 is 142 Å². The van der Waals surface area contributed by atoms with Crippen molar-refractivity contribution in [3.8, 4) is 5.75 Å². The summed E-state index contributed by atoms with van der Waals surface area (Å²) in [5, 5.41) is 32.3. The highest BCUT2D eigenvalue weighted by molar-refractivity contribution is 5.36. The van der Waals surface area contributed by atoms with Crippen molar-refractivity contribution in [3.63, 3.8) is 0 Å². The van der Waals surface area contributed by atoms with Crippen LogP contribution in [-0.2, 0) is 17.7 Å². The number of nitrogens with one attached hydrogen (secondary N) is 1. The molecule has 0 aliphatic heterocycles. The molecule has 0 bridgehead atoms. The number of hydrogen-bond donors (Lipinski definition) is 4. The van der Waals surface area contributed by atoms with Crippen LogP contribution in [0.1, 0.15) is 92.7 Å². The van der Waals surface area contributed by atoms with Crippen LogP contribution in [0.4, 0.5) is 0 Å². The Morgan fingerprint density at radius 3 is 2.67 bits per heavy atom. The highest BCUT2D eigenvalue weighted by Gasteiger charge is 2.09. The van der Waals surface area contributed by atoms with Gasteiger partial charge in [-0.2, -0.15) is 0 Å². The summed E-state index contributed by atoms with van der Waals surface area (Å²) in [6.07, 6.45) is -17.8. The summed E-state index contributed by atoms with van der Waals surface area (Å²) in [6.45, 7) is -17.2. The van der Waals surface area contributed by atoms with Gasteiger partial charge < -0.3 is 25.4 Å². The van der Waals surface area contributed by atoms with Crippen LogP contribution in [0, 0.1) is 0 Å². The molecule has 4 N–H and O–H groups in total. The molecule has 0 heterocycles. The molecule has 5 nitrogen and oxygen atoms in total. The third-order valence-electron chi connectivity index (χ3n) is 3.27. The van der Waals surface area contributed by atoms with E-state index in [1.165, 1.54) is 0 Å². The van der Waals surface area contributed by atoms with Crippen molar-refractivity contribution in [1.29, 1.82) is 0 Å². The quantitative estimate of drug-likeness (QED) is 0.297. The fourth-order valence-corrected chi connectivity index (χ4v) is 1.85. The Morgan fingerprint density at radius 1 is 1.07 bits per heavy atom. The van der Waals surface area contributed by atoms with E-state index in [2.05, 4.69) is 4.74 Å². The second-order valence-corrected chi connectivity index (χ2v) is 5.41. The maximum atomic E-state index is 10.9. The Morgan fingerprint density at radius 2 is 1.87 bits per heavy atom. The van der Waals surface area contributed by atoms with Gasteiger partial charge in [-0.1, -0.05) is 49.1 Å². The molecular formula is C25H37NO4. The van der Waals surface area contributed by atoms with Crippen molar-refractivity contribution >= 4 is 0 Å². The lowest BCUT2D eigenvalue weighted by Gasteiger charge is -2.14. The third kappa shape index (κ3) is 9.72. The van der Waals surface area contributed by atoms with Gasteiger partial charge in [-0.05, 0) is 61.7 Å². The zero-order chi connectivity index (χ0) is 41.9. The van der Waals surface area contributed by atoms with Gasteiger partial charge in [-0.3, -0.25) is 0 Å². The Labute approximate surface area is 213 Å². The molecule has 0 spiro atoms. The maximum absolute atomic E-state index is 10.9. The van der Waals surface area contributed by atoms with Crippen LogP contribution in [-0.4, -0.2) is 41.4 Å². The summed E-state index contributed by atoms with van der Waals surface area (Å²) in [5.41, 5.74) is -3.78. The monoisotopic (exact) mass is 438 g/mol. The van der Waals surface area contributed by atoms with Crippen LogP contribution in [0.3, 0.4) is 0 Å². The summed E-state index contributed by atoms with van der Waals surface area (Å²) in [5.74, 6) is -1.40. The minimum Gasteiger partial charge on any atom is -0.508 e. The van der Waals surface area contributed by atoms with Crippen molar-refractivity contribution in [3.05, 3.63) is 65.1 Å². The molecule has 2 aromatic rings. The van der Waals surface area contributed by atoms with E-state index in [-0.39, 0.29) is 0 Å². The number of hydrogen-bond acceptors (Lipinski definition) is 5. The van der Waals surface area contributed by atoms with Gasteiger partial charge in [0.2, 0.25) is 0 Å². The molecule has 2 aromatic carbocycles. The van der Waals surface area contributed by atoms with E-state index in [0.717, 1.165) is 12.1 Å². The first-order valence-corrected chi connectivity index (χ1v) is 8.69. The molecule has 0 saturated heterocycles. The van der Waals surface area contributed by atoms with Gasteiger partial charge in [-0.15, -0.1) is 0 Å². The maximum Gasteiger partial charge on any atom is 0.121 e. The Kier molecular flexibility index (Phi) is 3.79. The Balaban J connectivity index is 2.23. The second kappa shape index (κ2) is 15.0. The number of rotatable bonds is 16. The van der Waals surface area contributed by atoms with E-state index >= 15 is 0 Å². The van der Waals surface area contributed by atoms with Crippen LogP contribution in [0.25, 0.3) is 0 Å². The number of benzene rings is 2. The number of aromatic hydroxyl groups is 1. The lowest BCUT2D eigenvalue weighted by atomic mass is 10.1. The summed E-state index contributed by atoms with van der Waals surface area (Å²) in [6, 6.07) is -4.60. The Bertz CT molecular complexity index is 1650. The molecule has 0 aliphatic carbocycles. The van der Waals surface area contributed by atoms with E-state index in [0.29, 0.717) is 0 Å². The lowest BCUT2D eigenvalue weighted by Crippen LogP contribution is -2.22. The molecule has 0 saturated carbocycles. The van der Waals surface area contributed by atoms with Crippen molar-refractivity contribution in [2.24, 2.45) is 0 Å². The predicted octanol–water partition coefficient (Wildman–Crippen LogP) is 4.11. The number of ether oxygens (including phenoxy) is 1. The van der Waals surface area contributed by atoms with Gasteiger partial charge in [0.25, 0.3) is 0 Å². The molecule has 5 heteroatoms. The zero-order valence-corrected chi connectivity index (χ0v) is 15.7. The van der Waals surface area contributed by atoms with Gasteiger partial charge in [0, 0.05) is 38.9 Å². The first-order chi connectivity index (χ1) is 23.3. The van der Waals surface area contributed by atoms with Crippen LogP contribution in [0.2, 0.25) is 0 Å². The standard InChI is InChI=1S/C25H37NO4/c27-20-23-18-22(13-14-24(23)28)25(29)19-26-15-7-1-2-8-16-30-17-9-6-12-21-10-4-3-5-11-21/h3-5,10-11,13-14,18,25-29H,1-2,6-9,12,15-17,19-20H2/i3D,6D2,9D2,10D,11D,12D2,13D,14D,15D2,16D2,17D2,18D,19D2,20D2,25D. The smallest absolute Gasteiger partial charge is 0.121 e. The SMILES string of the molecule is [2H]c1cc([2H])c(C([2H])([2H])C([2H])([2H])C([2H])([2H])C([2H])([2H])OC([2H])([2H])CCCCC([2H])([2H])NC([2H])([2H])C([2H])(O)c2c([2H])c([2H])c(O)c(C([2H])([2H])O)c2[2H])c([2H])c1. The molecule has 30 heavy (non-hydrogen) atoms. The minimum atomic E-state index is -4.02. The van der Waals surface area contributed by atoms with Crippen LogP contribution >= 0.6 is 0 Å². The topological polar surface area (TPSA) is 82.0 Å². The first kappa shape index (κ1) is 7.59. The van der Waals surface area contributed by atoms with Crippen molar-refractivity contribution < 1.29 is 51.6 Å². The first-order valence-electron chi connectivity index (χ1n) is 20.2. The molecule has 0 fully saturated rings. The summed E-state index contributed by atoms with van der Waals surface area (Å²) >= 11 is 0. The van der Waals surface area contributed by atoms with Crippen molar-refractivity contribution in [1.82, 2.24) is 5.32 Å². The third-order valence-corrected chi connectivity index (χ3v) is 3.27. The molecule has 0 aliphatic rings. The molecule has 1 unspecified atom stereocenters. The van der Waals surface area contributed by atoms with Gasteiger partial charge >= 0.3 is 0 Å². The Hall–Kier alpha value is -1.92. The number of unbranched alkanes of at least 4 members (excludes halogenated alkanes) is 1. The average molecular weight is 439 g/mol. The highest BCUT2D eigenvalue weighted by atomic mass is 16.5. The summed E-state index contributed by atoms with van der Waals surface area (Å²) < 4.78 is 189. The van der Waals surface area contributed by atoms with E-state index in [9.17, 15) is 15.3 Å². The van der Waals surface area contributed by atoms with Crippen LogP contribution in [0.15, 0.2) is 48.4 Å². The summed E-state index contributed by atoms with van der Waals surface area (Å²) in [7, 11) is 0. The normalized spacial score (nSPS) is 28.3. The molecular weight excluding hydrogens is 378 g/mol. The fraction of sp³-hybridized carbons (Fsp3) is 0.520. The minimum absolute atomic E-state index is 0.391. The zero-order valence-electron chi connectivity index (χ0n) is 38.7. The predicted molar refractivity (Wildman–Crippen MR) is 121 cm³/mol. The molecule has 0 radical (unpaired) electrons. The lowest BCUT2D eigenvalue weighted by molar-refractivity contribution is 0.126. The van der Waals surface area contributed by atoms with Gasteiger partial charge in [0.05, 0.1) is 30.5 Å². The fourth-order valence-electron chi connectivity index (χ4n) is 1.85. The van der Waals surface area contributed by atoms with E-state index in [1.807, 2.05) is 0 Å². The van der Waals surface area contributed by atoms with Gasteiger partial charge in [0.1, 0.15) is 5.75 Å².